The van der Waals surface area contributed by atoms with Gasteiger partial charge in [0.1, 0.15) is 0 Å². The van der Waals surface area contributed by atoms with Gasteiger partial charge in [-0.15, -0.1) is 0 Å². The molecule has 110 valence electrons. The number of nitrogens with zero attached hydrogens (tertiary/aromatic N) is 1. The van der Waals surface area contributed by atoms with Gasteiger partial charge in [-0.3, -0.25) is 9.59 Å². The van der Waals surface area contributed by atoms with E-state index in [1.54, 1.807) is 13.2 Å². The molecule has 3 N–H and O–H groups in total. The second-order valence-corrected chi connectivity index (χ2v) is 4.71. The quantitative estimate of drug-likeness (QED) is 0.600. The SMILES string of the molecule is COCCNC(=O)CN(C)C(=O)c1cc(N)cc(Cl)c1. The number of ether oxygens (including phenoxy) is 1. The Morgan fingerprint density at radius 1 is 1.40 bits per heavy atom. The van der Waals surface area contributed by atoms with Crippen molar-refractivity contribution in [3.63, 3.8) is 0 Å². The predicted octanol–water partition coefficient (Wildman–Crippen LogP) is 0.757. The fourth-order valence-corrected chi connectivity index (χ4v) is 1.84. The van der Waals surface area contributed by atoms with Crippen LogP contribution in [0.15, 0.2) is 18.2 Å². The summed E-state index contributed by atoms with van der Waals surface area (Å²) in [7, 11) is 3.08. The van der Waals surface area contributed by atoms with E-state index < -0.39 is 0 Å². The zero-order valence-electron chi connectivity index (χ0n) is 11.5. The van der Waals surface area contributed by atoms with E-state index in [1.807, 2.05) is 0 Å². The molecule has 0 heterocycles. The number of nitrogen functional groups attached to an aromatic ring is 1. The topological polar surface area (TPSA) is 84.7 Å². The van der Waals surface area contributed by atoms with Gasteiger partial charge in [0.05, 0.1) is 13.2 Å². The van der Waals surface area contributed by atoms with Gasteiger partial charge in [0.2, 0.25) is 5.91 Å². The van der Waals surface area contributed by atoms with E-state index in [1.165, 1.54) is 24.1 Å². The number of rotatable bonds is 6. The van der Waals surface area contributed by atoms with Crippen LogP contribution in [0.2, 0.25) is 5.02 Å². The molecule has 0 aliphatic carbocycles. The summed E-state index contributed by atoms with van der Waals surface area (Å²) >= 11 is 5.85. The minimum absolute atomic E-state index is 0.0467. The first-order valence-electron chi connectivity index (χ1n) is 6.01. The van der Waals surface area contributed by atoms with E-state index in [9.17, 15) is 9.59 Å². The Balaban J connectivity index is 2.60. The molecule has 1 rings (SSSR count). The third-order valence-electron chi connectivity index (χ3n) is 2.52. The van der Waals surface area contributed by atoms with Crippen LogP contribution in [0, 0.1) is 0 Å². The molecule has 0 bridgehead atoms. The summed E-state index contributed by atoms with van der Waals surface area (Å²) in [5.41, 5.74) is 6.38. The minimum atomic E-state index is -0.318. The number of hydrogen-bond acceptors (Lipinski definition) is 4. The van der Waals surface area contributed by atoms with Gasteiger partial charge in [0, 0.05) is 37.0 Å². The number of likely N-dealkylation sites (N-methyl/N-ethyl adjacent to an activating group) is 1. The van der Waals surface area contributed by atoms with E-state index in [0.717, 1.165) is 0 Å². The first-order chi connectivity index (χ1) is 9.43. The smallest absolute Gasteiger partial charge is 0.254 e. The van der Waals surface area contributed by atoms with Crippen LogP contribution in [0.5, 0.6) is 0 Å². The van der Waals surface area contributed by atoms with Gasteiger partial charge in [0.15, 0.2) is 0 Å². The van der Waals surface area contributed by atoms with E-state index in [2.05, 4.69) is 5.32 Å². The lowest BCUT2D eigenvalue weighted by Gasteiger charge is -2.17. The third kappa shape index (κ3) is 5.07. The summed E-state index contributed by atoms with van der Waals surface area (Å²) in [6.07, 6.45) is 0. The number of hydrogen-bond donors (Lipinski definition) is 2. The fourth-order valence-electron chi connectivity index (χ4n) is 1.59. The Morgan fingerprint density at radius 2 is 2.10 bits per heavy atom. The maximum atomic E-state index is 12.1. The van der Waals surface area contributed by atoms with E-state index >= 15 is 0 Å². The van der Waals surface area contributed by atoms with Crippen LogP contribution >= 0.6 is 11.6 Å². The van der Waals surface area contributed by atoms with Crippen molar-refractivity contribution in [3.05, 3.63) is 28.8 Å². The Labute approximate surface area is 122 Å². The summed E-state index contributed by atoms with van der Waals surface area (Å²) in [5.74, 6) is -0.575. The molecule has 0 saturated carbocycles. The first kappa shape index (κ1) is 16.3. The van der Waals surface area contributed by atoms with E-state index in [-0.39, 0.29) is 18.4 Å². The molecule has 0 saturated heterocycles. The second-order valence-electron chi connectivity index (χ2n) is 4.28. The van der Waals surface area contributed by atoms with Crippen molar-refractivity contribution in [1.82, 2.24) is 10.2 Å². The number of benzene rings is 1. The van der Waals surface area contributed by atoms with Gasteiger partial charge in [-0.2, -0.15) is 0 Å². The van der Waals surface area contributed by atoms with Gasteiger partial charge in [-0.25, -0.2) is 0 Å². The number of anilines is 1. The molecule has 0 aromatic heterocycles. The maximum Gasteiger partial charge on any atom is 0.254 e. The summed E-state index contributed by atoms with van der Waals surface area (Å²) in [6.45, 7) is 0.782. The first-order valence-corrected chi connectivity index (χ1v) is 6.39. The standard InChI is InChI=1S/C13H18ClN3O3/c1-17(8-12(18)16-3-4-20-2)13(19)9-5-10(14)7-11(15)6-9/h5-7H,3-4,8,15H2,1-2H3,(H,16,18). The Kier molecular flexibility index (Phi) is 6.27. The number of nitrogens with one attached hydrogen (secondary N) is 1. The molecule has 1 aromatic carbocycles. The average Bonchev–Trinajstić information content (AvgIpc) is 2.36. The number of carbonyl (C=O) groups is 2. The molecule has 0 unspecified atom stereocenters. The molecule has 0 aliphatic heterocycles. The van der Waals surface area contributed by atoms with Crippen LogP contribution in [0.3, 0.4) is 0 Å². The van der Waals surface area contributed by atoms with Gasteiger partial charge < -0.3 is 20.7 Å². The second kappa shape index (κ2) is 7.72. The van der Waals surface area contributed by atoms with E-state index in [0.29, 0.717) is 29.4 Å². The van der Waals surface area contributed by atoms with Crippen LogP contribution in [-0.2, 0) is 9.53 Å². The molecule has 0 radical (unpaired) electrons. The molecule has 1 aromatic rings. The highest BCUT2D eigenvalue weighted by atomic mass is 35.5. The van der Waals surface area contributed by atoms with Gasteiger partial charge in [-0.1, -0.05) is 11.6 Å². The molecule has 0 aliphatic rings. The number of methoxy groups -OCH3 is 1. The van der Waals surface area contributed by atoms with Crippen molar-refractivity contribution in [2.45, 2.75) is 0 Å². The lowest BCUT2D eigenvalue weighted by molar-refractivity contribution is -0.121. The molecular formula is C13H18ClN3O3. The van der Waals surface area contributed by atoms with Crippen molar-refractivity contribution < 1.29 is 14.3 Å². The van der Waals surface area contributed by atoms with Crippen LogP contribution in [0.25, 0.3) is 0 Å². The molecule has 2 amide bonds. The maximum absolute atomic E-state index is 12.1. The van der Waals surface area contributed by atoms with Crippen LogP contribution in [0.1, 0.15) is 10.4 Å². The highest BCUT2D eigenvalue weighted by Gasteiger charge is 2.15. The summed E-state index contributed by atoms with van der Waals surface area (Å²) < 4.78 is 4.82. The number of carbonyl (C=O) groups excluding carboxylic acids is 2. The Bertz CT molecular complexity index is 473. The zero-order chi connectivity index (χ0) is 15.1. The summed E-state index contributed by atoms with van der Waals surface area (Å²) in [6, 6.07) is 4.59. The number of nitrogens with two attached hydrogens (primary N) is 1. The van der Waals surface area contributed by atoms with Crippen LogP contribution in [0.4, 0.5) is 5.69 Å². The predicted molar refractivity (Wildman–Crippen MR) is 77.7 cm³/mol. The van der Waals surface area contributed by atoms with Crippen molar-refractivity contribution >= 4 is 29.1 Å². The fraction of sp³-hybridized carbons (Fsp3) is 0.385. The summed E-state index contributed by atoms with van der Waals surface area (Å²) in [5, 5.41) is 3.02. The van der Waals surface area contributed by atoms with Crippen molar-refractivity contribution in [1.29, 1.82) is 0 Å². The molecule has 6 nitrogen and oxygen atoms in total. The molecular weight excluding hydrogens is 282 g/mol. The van der Waals surface area contributed by atoms with E-state index in [4.69, 9.17) is 22.1 Å². The van der Waals surface area contributed by atoms with Gasteiger partial charge in [-0.05, 0) is 18.2 Å². The molecule has 20 heavy (non-hydrogen) atoms. The highest BCUT2D eigenvalue weighted by Crippen LogP contribution is 2.17. The van der Waals surface area contributed by atoms with Crippen molar-refractivity contribution in [2.75, 3.05) is 39.6 Å². The lowest BCUT2D eigenvalue weighted by Crippen LogP contribution is -2.39. The monoisotopic (exact) mass is 299 g/mol. The zero-order valence-corrected chi connectivity index (χ0v) is 12.2. The minimum Gasteiger partial charge on any atom is -0.399 e. The number of halogens is 1. The molecule has 0 fully saturated rings. The summed E-state index contributed by atoms with van der Waals surface area (Å²) in [4.78, 5) is 25.0. The normalized spacial score (nSPS) is 10.2. The molecule has 0 spiro atoms. The van der Waals surface area contributed by atoms with Crippen molar-refractivity contribution in [3.8, 4) is 0 Å². The van der Waals surface area contributed by atoms with Crippen LogP contribution < -0.4 is 11.1 Å². The van der Waals surface area contributed by atoms with Gasteiger partial charge >= 0.3 is 0 Å². The van der Waals surface area contributed by atoms with Gasteiger partial charge in [0.25, 0.3) is 5.91 Å². The molecule has 7 heteroatoms. The number of amides is 2. The Morgan fingerprint density at radius 3 is 2.70 bits per heavy atom. The Hall–Kier alpha value is -1.79. The van der Waals surface area contributed by atoms with Crippen molar-refractivity contribution in [2.24, 2.45) is 0 Å². The largest absolute Gasteiger partial charge is 0.399 e. The third-order valence-corrected chi connectivity index (χ3v) is 2.74. The molecule has 0 atom stereocenters. The van der Waals surface area contributed by atoms with Crippen LogP contribution in [-0.4, -0.2) is 50.6 Å². The lowest BCUT2D eigenvalue weighted by atomic mass is 10.2. The highest BCUT2D eigenvalue weighted by molar-refractivity contribution is 6.31. The average molecular weight is 300 g/mol.